The Morgan fingerprint density at radius 2 is 1.43 bits per heavy atom. The molecule has 7 nitrogen and oxygen atoms in total. The van der Waals surface area contributed by atoms with E-state index >= 15 is 0 Å². The van der Waals surface area contributed by atoms with E-state index in [9.17, 15) is 9.59 Å². The third kappa shape index (κ3) is 13.4. The molecule has 0 fully saturated rings. The monoisotopic (exact) mass is 422 g/mol. The van der Waals surface area contributed by atoms with Gasteiger partial charge in [0, 0.05) is 0 Å². The lowest BCUT2D eigenvalue weighted by Crippen LogP contribution is -2.27. The summed E-state index contributed by atoms with van der Waals surface area (Å²) in [5, 5.41) is 11.0. The lowest BCUT2D eigenvalue weighted by atomic mass is 10.0. The van der Waals surface area contributed by atoms with E-state index in [2.05, 4.69) is 37.1 Å². The van der Waals surface area contributed by atoms with Gasteiger partial charge in [0.25, 0.3) is 0 Å². The molecule has 0 aromatic heterocycles. The summed E-state index contributed by atoms with van der Waals surface area (Å²) in [6.45, 7) is 9.02. The summed E-state index contributed by atoms with van der Waals surface area (Å²) in [6, 6.07) is 0. The number of hydrogen-bond donors (Lipinski definition) is 1. The molecule has 28 heavy (non-hydrogen) atoms. The van der Waals surface area contributed by atoms with Crippen molar-refractivity contribution in [1.29, 1.82) is 0 Å². The van der Waals surface area contributed by atoms with Crippen molar-refractivity contribution in [2.45, 2.75) is 90.7 Å². The van der Waals surface area contributed by atoms with Gasteiger partial charge >= 0.3 is 11.9 Å². The number of ether oxygens (including phenoxy) is 2. The number of carbonyl (C=O) groups excluding carboxylic acids is 2. The molecular weight excluding hydrogens is 384 g/mol. The third-order valence-electron chi connectivity index (χ3n) is 4.83. The highest BCUT2D eigenvalue weighted by atomic mass is 32.2. The van der Waals surface area contributed by atoms with E-state index in [-0.39, 0.29) is 6.42 Å². The normalized spacial score (nSPS) is 14.3. The summed E-state index contributed by atoms with van der Waals surface area (Å²) in [6.07, 6.45) is 8.02. The molecule has 166 valence electrons. The molecule has 0 spiro atoms. The van der Waals surface area contributed by atoms with Crippen molar-refractivity contribution >= 4 is 24.0 Å². The minimum absolute atomic E-state index is 0.206. The number of unbranched alkanes of at least 4 members (excludes halogenated alkanes) is 2. The molecule has 3 atom stereocenters. The van der Waals surface area contributed by atoms with Crippen LogP contribution in [-0.2, 0) is 28.4 Å². The van der Waals surface area contributed by atoms with Crippen LogP contribution in [0.4, 0.5) is 0 Å². The average Bonchev–Trinajstić information content (AvgIpc) is 2.71. The topological polar surface area (TPSA) is 91.3 Å². The van der Waals surface area contributed by atoms with Gasteiger partial charge in [-0.3, -0.25) is 9.59 Å². The van der Waals surface area contributed by atoms with E-state index in [1.54, 1.807) is 0 Å². The van der Waals surface area contributed by atoms with Crippen LogP contribution in [0, 0.1) is 11.8 Å². The third-order valence-corrected chi connectivity index (χ3v) is 5.56. The summed E-state index contributed by atoms with van der Waals surface area (Å²) in [7, 11) is 0. The lowest BCUT2D eigenvalue weighted by molar-refractivity contribution is -0.432. The molecule has 0 saturated carbocycles. The maximum atomic E-state index is 12.3. The Hall–Kier alpha value is -0.830. The van der Waals surface area contributed by atoms with Crippen molar-refractivity contribution in [2.24, 2.45) is 11.8 Å². The Balaban J connectivity index is 4.53. The summed E-state index contributed by atoms with van der Waals surface area (Å²) < 4.78 is 15.1. The van der Waals surface area contributed by atoms with Crippen LogP contribution in [0.5, 0.6) is 0 Å². The van der Waals surface area contributed by atoms with Crippen molar-refractivity contribution in [3.63, 3.8) is 0 Å². The van der Waals surface area contributed by atoms with Gasteiger partial charge in [-0.1, -0.05) is 71.3 Å². The van der Waals surface area contributed by atoms with Gasteiger partial charge in [0.15, 0.2) is 0 Å². The molecule has 0 heterocycles. The van der Waals surface area contributed by atoms with Crippen LogP contribution in [0.2, 0.25) is 0 Å². The van der Waals surface area contributed by atoms with Gasteiger partial charge in [-0.15, -0.1) is 4.33 Å². The molecule has 0 aliphatic carbocycles. The minimum Gasteiger partial charge on any atom is -0.465 e. The molecule has 0 aliphatic rings. The van der Waals surface area contributed by atoms with Crippen LogP contribution in [0.25, 0.3) is 0 Å². The van der Waals surface area contributed by atoms with E-state index in [1.807, 2.05) is 0 Å². The van der Waals surface area contributed by atoms with Crippen LogP contribution in [-0.4, -0.2) is 35.7 Å². The van der Waals surface area contributed by atoms with E-state index in [4.69, 9.17) is 14.7 Å². The predicted octanol–water partition coefficient (Wildman–Crippen LogP) is 5.33. The number of carbonyl (C=O) groups is 2. The fourth-order valence-electron chi connectivity index (χ4n) is 2.73. The Bertz CT molecular complexity index is 406. The summed E-state index contributed by atoms with van der Waals surface area (Å²) in [4.78, 5) is 24.5. The first-order valence-electron chi connectivity index (χ1n) is 10.5. The van der Waals surface area contributed by atoms with Crippen LogP contribution < -0.4 is 0 Å². The van der Waals surface area contributed by atoms with Crippen LogP contribution >= 0.6 is 12.0 Å². The van der Waals surface area contributed by atoms with E-state index < -0.39 is 17.2 Å². The van der Waals surface area contributed by atoms with E-state index in [1.165, 1.54) is 0 Å². The molecule has 0 aromatic rings. The second-order valence-corrected chi connectivity index (χ2v) is 7.98. The number of esters is 2. The number of rotatable bonds is 18. The van der Waals surface area contributed by atoms with E-state index in [0.717, 1.165) is 51.4 Å². The molecule has 0 aromatic carbocycles. The molecule has 0 rings (SSSR count). The van der Waals surface area contributed by atoms with Gasteiger partial charge < -0.3 is 9.47 Å². The van der Waals surface area contributed by atoms with E-state index in [0.29, 0.717) is 37.1 Å². The zero-order valence-electron chi connectivity index (χ0n) is 17.8. The van der Waals surface area contributed by atoms with Gasteiger partial charge in [0.1, 0.15) is 5.25 Å². The first kappa shape index (κ1) is 27.2. The second-order valence-electron chi connectivity index (χ2n) is 7.08. The van der Waals surface area contributed by atoms with Crippen LogP contribution in [0.3, 0.4) is 0 Å². The zero-order chi connectivity index (χ0) is 21.2. The van der Waals surface area contributed by atoms with Gasteiger partial charge in [-0.05, 0) is 24.7 Å². The second kappa shape index (κ2) is 18.2. The largest absolute Gasteiger partial charge is 0.465 e. The van der Waals surface area contributed by atoms with Gasteiger partial charge in [-0.25, -0.2) is 5.26 Å². The zero-order valence-corrected chi connectivity index (χ0v) is 18.6. The first-order chi connectivity index (χ1) is 13.5. The SMILES string of the molecule is CCCCC(CC)COC(=O)CC(SOOO)C(=O)OCC(CC)CCCC. The highest BCUT2D eigenvalue weighted by molar-refractivity contribution is 7.95. The fraction of sp³-hybridized carbons (Fsp3) is 0.900. The van der Waals surface area contributed by atoms with Gasteiger partial charge in [-0.2, -0.15) is 0 Å². The molecule has 0 aliphatic heterocycles. The minimum atomic E-state index is -0.959. The Morgan fingerprint density at radius 1 is 0.893 bits per heavy atom. The molecule has 3 unspecified atom stereocenters. The Labute approximate surface area is 173 Å². The maximum Gasteiger partial charge on any atom is 0.322 e. The molecule has 1 N–H and O–H groups in total. The van der Waals surface area contributed by atoms with Gasteiger partial charge in [0.05, 0.1) is 31.7 Å². The highest BCUT2D eigenvalue weighted by Gasteiger charge is 2.28. The lowest BCUT2D eigenvalue weighted by Gasteiger charge is -2.18. The van der Waals surface area contributed by atoms with Crippen LogP contribution in [0.15, 0.2) is 0 Å². The molecular formula is C20H38O7S. The summed E-state index contributed by atoms with van der Waals surface area (Å²) in [5.74, 6) is -0.459. The molecule has 0 saturated heterocycles. The van der Waals surface area contributed by atoms with Crippen molar-refractivity contribution < 1.29 is 33.7 Å². The molecule has 0 bridgehead atoms. The molecule has 8 heteroatoms. The van der Waals surface area contributed by atoms with Crippen LogP contribution in [0.1, 0.15) is 85.5 Å². The van der Waals surface area contributed by atoms with Crippen molar-refractivity contribution in [2.75, 3.05) is 13.2 Å². The highest BCUT2D eigenvalue weighted by Crippen LogP contribution is 2.21. The summed E-state index contributed by atoms with van der Waals surface area (Å²) >= 11 is 0.541. The Kier molecular flexibility index (Phi) is 17.7. The summed E-state index contributed by atoms with van der Waals surface area (Å²) in [5.41, 5.74) is 0. The fourth-order valence-corrected chi connectivity index (χ4v) is 3.21. The predicted molar refractivity (Wildman–Crippen MR) is 109 cm³/mol. The van der Waals surface area contributed by atoms with Crippen molar-refractivity contribution in [3.05, 3.63) is 0 Å². The first-order valence-corrected chi connectivity index (χ1v) is 11.3. The van der Waals surface area contributed by atoms with Crippen molar-refractivity contribution in [3.8, 4) is 0 Å². The maximum absolute atomic E-state index is 12.3. The Morgan fingerprint density at radius 3 is 1.89 bits per heavy atom. The quantitative estimate of drug-likeness (QED) is 0.137. The molecule has 0 amide bonds. The van der Waals surface area contributed by atoms with Crippen molar-refractivity contribution in [1.82, 2.24) is 0 Å². The smallest absolute Gasteiger partial charge is 0.322 e. The standard InChI is InChI=1S/C20H38O7S/c1-5-9-11-16(7-3)14-24-19(21)13-18(28-27-26-23)20(22)25-15-17(8-4)12-10-6-2/h16-18,23H,5-15H2,1-4H3. The number of hydrogen-bond acceptors (Lipinski definition) is 8. The molecule has 0 radical (unpaired) electrons. The average molecular weight is 423 g/mol. The van der Waals surface area contributed by atoms with Gasteiger partial charge in [0.2, 0.25) is 0 Å².